The number of Topliss-reactive ketones (excluding diaryl/α,β-unsaturated/α-hetero) is 1. The van der Waals surface area contributed by atoms with Gasteiger partial charge in [0, 0.05) is 18.9 Å². The molecule has 0 radical (unpaired) electrons. The van der Waals surface area contributed by atoms with Crippen LogP contribution in [0.2, 0.25) is 0 Å². The topological polar surface area (TPSA) is 71.5 Å². The maximum absolute atomic E-state index is 13.5. The van der Waals surface area contributed by atoms with Gasteiger partial charge in [0.15, 0.2) is 0 Å². The van der Waals surface area contributed by atoms with Crippen LogP contribution in [-0.2, 0) is 14.6 Å². The van der Waals surface area contributed by atoms with Gasteiger partial charge >= 0.3 is 0 Å². The van der Waals surface area contributed by atoms with E-state index in [1.54, 1.807) is 0 Å². The van der Waals surface area contributed by atoms with Gasteiger partial charge < -0.3 is 4.90 Å². The van der Waals surface area contributed by atoms with Gasteiger partial charge in [-0.15, -0.1) is 0 Å². The molecule has 8 heteroatoms. The average molecular weight is 303 g/mol. The molecule has 108 valence electrons. The van der Waals surface area contributed by atoms with Crippen LogP contribution in [0, 0.1) is 11.6 Å². The number of carbonyl (C=O) groups is 2. The van der Waals surface area contributed by atoms with E-state index in [1.807, 2.05) is 0 Å². The Hall–Kier alpha value is -1.83. The molecule has 0 spiro atoms. The molecule has 0 N–H and O–H groups in total. The summed E-state index contributed by atoms with van der Waals surface area (Å²) in [6, 6.07) is 1.42. The predicted octanol–water partition coefficient (Wildman–Crippen LogP) is 0.929. The van der Waals surface area contributed by atoms with Crippen molar-refractivity contribution in [3.8, 4) is 0 Å². The number of halogens is 2. The molecule has 1 heterocycles. The number of nitrogens with zero attached hydrogens (tertiary/aromatic N) is 1. The summed E-state index contributed by atoms with van der Waals surface area (Å²) in [5.74, 6) is -4.20. The summed E-state index contributed by atoms with van der Waals surface area (Å²) < 4.78 is 48.7. The van der Waals surface area contributed by atoms with Crippen LogP contribution in [0.5, 0.6) is 0 Å². The van der Waals surface area contributed by atoms with Gasteiger partial charge in [-0.2, -0.15) is 0 Å². The summed E-state index contributed by atoms with van der Waals surface area (Å²) in [6.45, 7) is -0.0897. The Labute approximate surface area is 114 Å². The van der Waals surface area contributed by atoms with Gasteiger partial charge in [-0.1, -0.05) is 0 Å². The number of rotatable bonds is 4. The lowest BCUT2D eigenvalue weighted by atomic mass is 10.1. The lowest BCUT2D eigenvalue weighted by Gasteiger charge is -2.16. The van der Waals surface area contributed by atoms with Crippen LogP contribution in [0.1, 0.15) is 16.8 Å². The Balaban J connectivity index is 2.29. The number of hydrogen-bond donors (Lipinski definition) is 0. The molecule has 20 heavy (non-hydrogen) atoms. The van der Waals surface area contributed by atoms with E-state index in [2.05, 4.69) is 0 Å². The minimum atomic E-state index is -3.21. The van der Waals surface area contributed by atoms with Crippen molar-refractivity contribution in [1.29, 1.82) is 0 Å². The first-order valence-corrected chi connectivity index (χ1v) is 7.80. The summed E-state index contributed by atoms with van der Waals surface area (Å²) in [6.07, 6.45) is 1.12. The Kier molecular flexibility index (Phi) is 3.59. The molecule has 2 rings (SSSR count). The number of hydrogen-bond acceptors (Lipinski definition) is 4. The molecule has 0 unspecified atom stereocenters. The van der Waals surface area contributed by atoms with Crippen LogP contribution in [0.3, 0.4) is 0 Å². The first-order chi connectivity index (χ1) is 9.20. The lowest BCUT2D eigenvalue weighted by molar-refractivity contribution is -0.114. The predicted molar refractivity (Wildman–Crippen MR) is 67.4 cm³/mol. The van der Waals surface area contributed by atoms with Crippen molar-refractivity contribution in [2.75, 3.05) is 23.5 Å². The van der Waals surface area contributed by atoms with E-state index in [0.29, 0.717) is 6.07 Å². The zero-order valence-electron chi connectivity index (χ0n) is 10.5. The molecule has 1 aromatic carbocycles. The van der Waals surface area contributed by atoms with Crippen molar-refractivity contribution >= 4 is 27.2 Å². The van der Waals surface area contributed by atoms with E-state index in [0.717, 1.165) is 17.2 Å². The van der Waals surface area contributed by atoms with E-state index in [9.17, 15) is 26.8 Å². The Morgan fingerprint density at radius 1 is 1.20 bits per heavy atom. The molecule has 0 fully saturated rings. The highest BCUT2D eigenvalue weighted by molar-refractivity contribution is 7.90. The molecular weight excluding hydrogens is 292 g/mol. The minimum Gasteiger partial charge on any atom is -0.305 e. The van der Waals surface area contributed by atoms with Crippen molar-refractivity contribution in [2.45, 2.75) is 6.42 Å². The van der Waals surface area contributed by atoms with Crippen molar-refractivity contribution in [3.05, 3.63) is 29.3 Å². The molecule has 0 aromatic heterocycles. The smallest absolute Gasteiger partial charge is 0.299 e. The minimum absolute atomic E-state index is 0.0788. The highest BCUT2D eigenvalue weighted by Gasteiger charge is 2.38. The number of fused-ring (bicyclic) bond motifs is 1. The quantitative estimate of drug-likeness (QED) is 0.776. The Morgan fingerprint density at radius 2 is 1.85 bits per heavy atom. The SMILES string of the molecule is CS(=O)(=O)CCCN1C(=O)C(=O)c2c(F)cc(F)cc21. The van der Waals surface area contributed by atoms with Crippen molar-refractivity contribution in [2.24, 2.45) is 0 Å². The number of carbonyl (C=O) groups excluding carboxylic acids is 2. The fraction of sp³-hybridized carbons (Fsp3) is 0.333. The third kappa shape index (κ3) is 2.69. The van der Waals surface area contributed by atoms with Gasteiger partial charge in [-0.25, -0.2) is 17.2 Å². The summed E-state index contributed by atoms with van der Waals surface area (Å²) >= 11 is 0. The van der Waals surface area contributed by atoms with Crippen molar-refractivity contribution in [3.63, 3.8) is 0 Å². The lowest BCUT2D eigenvalue weighted by Crippen LogP contribution is -2.31. The highest BCUT2D eigenvalue weighted by Crippen LogP contribution is 2.32. The Morgan fingerprint density at radius 3 is 2.45 bits per heavy atom. The molecule has 1 amide bonds. The summed E-state index contributed by atoms with van der Waals surface area (Å²) in [5, 5.41) is 0. The zero-order chi connectivity index (χ0) is 15.1. The van der Waals surface area contributed by atoms with Gasteiger partial charge in [-0.05, 0) is 12.5 Å². The third-order valence-electron chi connectivity index (χ3n) is 2.89. The standard InChI is InChI=1S/C12H11F2NO4S/c1-20(18,19)4-2-3-15-9-6-7(13)5-8(14)10(9)11(16)12(15)17/h5-6H,2-4H2,1H3. The van der Waals surface area contributed by atoms with Crippen LogP contribution >= 0.6 is 0 Å². The van der Waals surface area contributed by atoms with Gasteiger partial charge in [0.1, 0.15) is 21.5 Å². The van der Waals surface area contributed by atoms with Crippen LogP contribution in [-0.4, -0.2) is 38.7 Å². The molecule has 5 nitrogen and oxygen atoms in total. The number of amides is 1. The zero-order valence-corrected chi connectivity index (χ0v) is 11.3. The third-order valence-corrected chi connectivity index (χ3v) is 3.92. The van der Waals surface area contributed by atoms with Gasteiger partial charge in [0.2, 0.25) is 0 Å². The van der Waals surface area contributed by atoms with Crippen molar-refractivity contribution in [1.82, 2.24) is 0 Å². The maximum Gasteiger partial charge on any atom is 0.299 e. The fourth-order valence-corrected chi connectivity index (χ4v) is 2.70. The van der Waals surface area contributed by atoms with Gasteiger partial charge in [0.25, 0.3) is 11.7 Å². The number of anilines is 1. The van der Waals surface area contributed by atoms with E-state index in [4.69, 9.17) is 0 Å². The van der Waals surface area contributed by atoms with Crippen LogP contribution < -0.4 is 4.90 Å². The molecule has 1 aliphatic rings. The normalized spacial score (nSPS) is 14.8. The number of benzene rings is 1. The van der Waals surface area contributed by atoms with E-state index in [-0.39, 0.29) is 24.4 Å². The molecular formula is C12H11F2NO4S. The first-order valence-electron chi connectivity index (χ1n) is 5.73. The summed E-state index contributed by atoms with van der Waals surface area (Å²) in [5.41, 5.74) is -0.609. The maximum atomic E-state index is 13.5. The molecule has 0 saturated heterocycles. The van der Waals surface area contributed by atoms with E-state index < -0.39 is 38.7 Å². The van der Waals surface area contributed by atoms with Crippen LogP contribution in [0.15, 0.2) is 12.1 Å². The molecule has 0 atom stereocenters. The number of sulfone groups is 1. The highest BCUT2D eigenvalue weighted by atomic mass is 32.2. The molecule has 0 aliphatic carbocycles. The molecule has 0 saturated carbocycles. The average Bonchev–Trinajstić information content (AvgIpc) is 2.52. The molecule has 0 bridgehead atoms. The van der Waals surface area contributed by atoms with Gasteiger partial charge in [-0.3, -0.25) is 9.59 Å². The van der Waals surface area contributed by atoms with Crippen molar-refractivity contribution < 1.29 is 26.8 Å². The second-order valence-corrected chi connectivity index (χ2v) is 6.81. The van der Waals surface area contributed by atoms with Crippen LogP contribution in [0.4, 0.5) is 14.5 Å². The second kappa shape index (κ2) is 4.93. The second-order valence-electron chi connectivity index (χ2n) is 4.55. The molecule has 1 aliphatic heterocycles. The van der Waals surface area contributed by atoms with E-state index >= 15 is 0 Å². The van der Waals surface area contributed by atoms with Crippen LogP contribution in [0.25, 0.3) is 0 Å². The first kappa shape index (κ1) is 14.6. The number of ketones is 1. The fourth-order valence-electron chi connectivity index (χ4n) is 2.04. The Bertz CT molecular complexity index is 700. The monoisotopic (exact) mass is 303 g/mol. The van der Waals surface area contributed by atoms with E-state index in [1.165, 1.54) is 0 Å². The largest absolute Gasteiger partial charge is 0.305 e. The summed E-state index contributed by atoms with van der Waals surface area (Å²) in [7, 11) is -3.21. The molecule has 1 aromatic rings. The summed E-state index contributed by atoms with van der Waals surface area (Å²) in [4.78, 5) is 24.3. The van der Waals surface area contributed by atoms with Gasteiger partial charge in [0.05, 0.1) is 17.0 Å².